The molecule has 0 saturated carbocycles. The van der Waals surface area contributed by atoms with Crippen LogP contribution >= 0.6 is 0 Å². The lowest BCUT2D eigenvalue weighted by atomic mass is 9.90. The van der Waals surface area contributed by atoms with E-state index in [1.165, 1.54) is 0 Å². The van der Waals surface area contributed by atoms with Crippen LogP contribution in [0.5, 0.6) is 0 Å². The molecule has 3 nitrogen and oxygen atoms in total. The van der Waals surface area contributed by atoms with Crippen molar-refractivity contribution >= 4 is 11.8 Å². The highest BCUT2D eigenvalue weighted by Gasteiger charge is 2.36. The lowest BCUT2D eigenvalue weighted by Gasteiger charge is -2.31. The van der Waals surface area contributed by atoms with E-state index in [0.717, 1.165) is 0 Å². The third kappa shape index (κ3) is 2.08. The Morgan fingerprint density at radius 1 is 1.38 bits per heavy atom. The summed E-state index contributed by atoms with van der Waals surface area (Å²) < 4.78 is 5.46. The molecule has 74 valence electrons. The zero-order valence-corrected chi connectivity index (χ0v) is 8.97. The topological polar surface area (TPSA) is 38.7 Å². The summed E-state index contributed by atoms with van der Waals surface area (Å²) in [5, 5.41) is 0. The van der Waals surface area contributed by atoms with Crippen LogP contribution in [-0.4, -0.2) is 18.4 Å². The second-order valence-electron chi connectivity index (χ2n) is 5.14. The fourth-order valence-electron chi connectivity index (χ4n) is 0.971. The van der Waals surface area contributed by atoms with Gasteiger partial charge in [0.1, 0.15) is 6.61 Å². The zero-order valence-electron chi connectivity index (χ0n) is 8.97. The average Bonchev–Trinajstić information content (AvgIpc) is 1.92. The van der Waals surface area contributed by atoms with Gasteiger partial charge >= 0.3 is 0 Å². The molecule has 0 bridgehead atoms. The van der Waals surface area contributed by atoms with E-state index in [0.29, 0.717) is 12.5 Å². The van der Waals surface area contributed by atoms with Crippen LogP contribution in [0.1, 0.15) is 34.6 Å². The molecular formula is C10H17NO2. The highest BCUT2D eigenvalue weighted by atomic mass is 16.5. The highest BCUT2D eigenvalue weighted by molar-refractivity contribution is 5.98. The van der Waals surface area contributed by atoms with Gasteiger partial charge in [0, 0.05) is 5.41 Å². The molecule has 0 aromatic heterocycles. The molecular weight excluding hydrogens is 166 g/mol. The molecule has 0 atom stereocenters. The van der Waals surface area contributed by atoms with Crippen molar-refractivity contribution in [1.82, 2.24) is 0 Å². The molecule has 0 aromatic rings. The quantitative estimate of drug-likeness (QED) is 0.576. The average molecular weight is 183 g/mol. The van der Waals surface area contributed by atoms with Crippen LogP contribution < -0.4 is 0 Å². The second-order valence-corrected chi connectivity index (χ2v) is 5.14. The number of rotatable bonds is 0. The molecule has 1 amide bonds. The Kier molecular flexibility index (Phi) is 2.22. The van der Waals surface area contributed by atoms with Crippen molar-refractivity contribution < 1.29 is 9.53 Å². The summed E-state index contributed by atoms with van der Waals surface area (Å²) in [5.74, 6) is 0.473. The minimum Gasteiger partial charge on any atom is -0.479 e. The van der Waals surface area contributed by atoms with Gasteiger partial charge in [-0.1, -0.05) is 20.8 Å². The van der Waals surface area contributed by atoms with Gasteiger partial charge in [0.25, 0.3) is 5.91 Å². The normalized spacial score (nSPS) is 22.2. The standard InChI is InChI=1S/C10H17NO2/c1-9(2,3)8-11-7(12)10(4,5)6-13-8/h6H2,1-5H3. The van der Waals surface area contributed by atoms with Gasteiger partial charge in [-0.05, 0) is 13.8 Å². The van der Waals surface area contributed by atoms with Gasteiger partial charge in [-0.15, -0.1) is 0 Å². The Morgan fingerprint density at radius 2 is 1.92 bits per heavy atom. The number of aliphatic imine (C=N–C) groups is 1. The monoisotopic (exact) mass is 183 g/mol. The first-order chi connectivity index (χ1) is 5.73. The first-order valence-electron chi connectivity index (χ1n) is 4.50. The van der Waals surface area contributed by atoms with Crippen molar-refractivity contribution in [1.29, 1.82) is 0 Å². The number of amides is 1. The van der Waals surface area contributed by atoms with Crippen molar-refractivity contribution in [3.63, 3.8) is 0 Å². The van der Waals surface area contributed by atoms with Crippen LogP contribution in [0.25, 0.3) is 0 Å². The van der Waals surface area contributed by atoms with Gasteiger partial charge in [0.2, 0.25) is 0 Å². The SMILES string of the molecule is CC(C)(C)C1=NC(=O)C(C)(C)CO1. The molecule has 1 rings (SSSR count). The molecule has 0 spiro atoms. The van der Waals surface area contributed by atoms with Crippen LogP contribution in [0.3, 0.4) is 0 Å². The van der Waals surface area contributed by atoms with Gasteiger partial charge in [0.15, 0.2) is 5.90 Å². The Hall–Kier alpha value is -0.860. The van der Waals surface area contributed by atoms with Gasteiger partial charge in [-0.25, -0.2) is 0 Å². The van der Waals surface area contributed by atoms with Crippen molar-refractivity contribution in [2.75, 3.05) is 6.61 Å². The molecule has 0 aliphatic carbocycles. The summed E-state index contributed by atoms with van der Waals surface area (Å²) in [7, 11) is 0. The minimum absolute atomic E-state index is 0.0799. The number of carbonyl (C=O) groups excluding carboxylic acids is 1. The Balaban J connectivity index is 2.92. The van der Waals surface area contributed by atoms with E-state index < -0.39 is 5.41 Å². The van der Waals surface area contributed by atoms with E-state index in [1.54, 1.807) is 0 Å². The molecule has 0 unspecified atom stereocenters. The van der Waals surface area contributed by atoms with E-state index in [1.807, 2.05) is 34.6 Å². The summed E-state index contributed by atoms with van der Waals surface area (Å²) in [5.41, 5.74) is -0.638. The van der Waals surface area contributed by atoms with Gasteiger partial charge in [-0.3, -0.25) is 4.79 Å². The second kappa shape index (κ2) is 2.82. The number of nitrogens with zero attached hydrogens (tertiary/aromatic N) is 1. The van der Waals surface area contributed by atoms with Crippen molar-refractivity contribution in [2.24, 2.45) is 15.8 Å². The van der Waals surface area contributed by atoms with E-state index >= 15 is 0 Å². The van der Waals surface area contributed by atoms with E-state index in [2.05, 4.69) is 4.99 Å². The third-order valence-electron chi connectivity index (χ3n) is 1.99. The summed E-state index contributed by atoms with van der Waals surface area (Å²) in [6.07, 6.45) is 0. The largest absolute Gasteiger partial charge is 0.479 e. The molecule has 3 heteroatoms. The van der Waals surface area contributed by atoms with Crippen molar-refractivity contribution in [3.8, 4) is 0 Å². The smallest absolute Gasteiger partial charge is 0.257 e. The Labute approximate surface area is 79.2 Å². The van der Waals surface area contributed by atoms with Crippen LogP contribution in [0, 0.1) is 10.8 Å². The van der Waals surface area contributed by atoms with E-state index in [4.69, 9.17) is 4.74 Å². The van der Waals surface area contributed by atoms with Gasteiger partial charge in [-0.2, -0.15) is 4.99 Å². The summed E-state index contributed by atoms with van der Waals surface area (Å²) in [4.78, 5) is 15.5. The van der Waals surface area contributed by atoms with Crippen LogP contribution in [0.4, 0.5) is 0 Å². The number of hydrogen-bond acceptors (Lipinski definition) is 2. The van der Waals surface area contributed by atoms with E-state index in [9.17, 15) is 4.79 Å². The number of hydrogen-bond donors (Lipinski definition) is 0. The molecule has 1 aliphatic heterocycles. The minimum atomic E-state index is -0.464. The fourth-order valence-corrected chi connectivity index (χ4v) is 0.971. The number of carbonyl (C=O) groups is 1. The molecule has 0 radical (unpaired) electrons. The van der Waals surface area contributed by atoms with Crippen molar-refractivity contribution in [2.45, 2.75) is 34.6 Å². The molecule has 0 N–H and O–H groups in total. The maximum atomic E-state index is 11.5. The van der Waals surface area contributed by atoms with Gasteiger partial charge < -0.3 is 4.74 Å². The highest BCUT2D eigenvalue weighted by Crippen LogP contribution is 2.27. The Morgan fingerprint density at radius 3 is 2.31 bits per heavy atom. The van der Waals surface area contributed by atoms with Crippen LogP contribution in [0.2, 0.25) is 0 Å². The lowest BCUT2D eigenvalue weighted by Crippen LogP contribution is -2.39. The van der Waals surface area contributed by atoms with E-state index in [-0.39, 0.29) is 11.3 Å². The predicted molar refractivity (Wildman–Crippen MR) is 51.6 cm³/mol. The zero-order chi connectivity index (χ0) is 10.3. The molecule has 1 heterocycles. The Bertz CT molecular complexity index is 259. The van der Waals surface area contributed by atoms with Crippen molar-refractivity contribution in [3.05, 3.63) is 0 Å². The van der Waals surface area contributed by atoms with Crippen LogP contribution in [-0.2, 0) is 9.53 Å². The lowest BCUT2D eigenvalue weighted by molar-refractivity contribution is -0.129. The summed E-state index contributed by atoms with van der Waals surface area (Å²) >= 11 is 0. The maximum Gasteiger partial charge on any atom is 0.257 e. The third-order valence-corrected chi connectivity index (χ3v) is 1.99. The molecule has 1 aliphatic rings. The molecule has 0 aromatic carbocycles. The van der Waals surface area contributed by atoms with Crippen LogP contribution in [0.15, 0.2) is 4.99 Å². The summed E-state index contributed by atoms with van der Waals surface area (Å²) in [6, 6.07) is 0. The van der Waals surface area contributed by atoms with Gasteiger partial charge in [0.05, 0.1) is 5.41 Å². The summed E-state index contributed by atoms with van der Waals surface area (Å²) in [6.45, 7) is 10.1. The maximum absolute atomic E-state index is 11.5. The molecule has 0 fully saturated rings. The molecule has 0 saturated heterocycles. The number of ether oxygens (including phenoxy) is 1. The predicted octanol–water partition coefficient (Wildman–Crippen LogP) is 2.01. The first kappa shape index (κ1) is 10.2. The first-order valence-corrected chi connectivity index (χ1v) is 4.50. The molecule has 13 heavy (non-hydrogen) atoms. The fraction of sp³-hybridized carbons (Fsp3) is 0.800.